The zero-order valence-corrected chi connectivity index (χ0v) is 15.2. The van der Waals surface area contributed by atoms with Crippen LogP contribution >= 0.6 is 23.5 Å². The summed E-state index contributed by atoms with van der Waals surface area (Å²) in [5, 5.41) is 2.97. The van der Waals surface area contributed by atoms with Crippen molar-refractivity contribution in [3.05, 3.63) is 45.9 Å². The maximum absolute atomic E-state index is 12.5. The van der Waals surface area contributed by atoms with E-state index in [1.54, 1.807) is 7.05 Å². The number of nitrogens with one attached hydrogen (secondary N) is 1. The third kappa shape index (κ3) is 4.07. The fourth-order valence-electron chi connectivity index (χ4n) is 2.37. The van der Waals surface area contributed by atoms with E-state index in [-0.39, 0.29) is 22.9 Å². The Bertz CT molecular complexity index is 895. The lowest BCUT2D eigenvalue weighted by atomic mass is 10.2. The van der Waals surface area contributed by atoms with Crippen molar-refractivity contribution in [1.82, 2.24) is 9.55 Å². The SMILES string of the molecule is Cn1c(SCC(=O)Nc2ccc(C(F)(F)F)cc2)nc2c(c1=O)SCC2. The van der Waals surface area contributed by atoms with Gasteiger partial charge in [0.2, 0.25) is 5.91 Å². The van der Waals surface area contributed by atoms with Gasteiger partial charge in [0.15, 0.2) is 5.16 Å². The van der Waals surface area contributed by atoms with Gasteiger partial charge < -0.3 is 5.32 Å². The fourth-order valence-corrected chi connectivity index (χ4v) is 4.22. The Hall–Kier alpha value is -1.94. The zero-order valence-electron chi connectivity index (χ0n) is 13.6. The van der Waals surface area contributed by atoms with E-state index in [0.29, 0.717) is 10.1 Å². The number of anilines is 1. The Morgan fingerprint density at radius 3 is 2.69 bits per heavy atom. The number of hydrogen-bond acceptors (Lipinski definition) is 5. The summed E-state index contributed by atoms with van der Waals surface area (Å²) in [4.78, 5) is 29.3. The highest BCUT2D eigenvalue weighted by atomic mass is 32.2. The first-order valence-electron chi connectivity index (χ1n) is 7.58. The Labute approximate surface area is 155 Å². The quantitative estimate of drug-likeness (QED) is 0.630. The van der Waals surface area contributed by atoms with Gasteiger partial charge >= 0.3 is 6.18 Å². The van der Waals surface area contributed by atoms with Crippen LogP contribution in [0.1, 0.15) is 11.3 Å². The van der Waals surface area contributed by atoms with Gasteiger partial charge in [-0.2, -0.15) is 13.2 Å². The summed E-state index contributed by atoms with van der Waals surface area (Å²) in [5.41, 5.74) is 0.128. The molecule has 0 unspecified atom stereocenters. The summed E-state index contributed by atoms with van der Waals surface area (Å²) in [5.74, 6) is 0.423. The van der Waals surface area contributed by atoms with Crippen LogP contribution in [0.2, 0.25) is 0 Å². The van der Waals surface area contributed by atoms with Crippen molar-refractivity contribution in [2.24, 2.45) is 7.05 Å². The van der Waals surface area contributed by atoms with Crippen LogP contribution in [-0.4, -0.2) is 27.0 Å². The molecule has 1 aromatic heterocycles. The summed E-state index contributed by atoms with van der Waals surface area (Å²) >= 11 is 2.59. The lowest BCUT2D eigenvalue weighted by molar-refractivity contribution is -0.137. The molecule has 26 heavy (non-hydrogen) atoms. The molecule has 0 aliphatic carbocycles. The molecule has 0 atom stereocenters. The average molecular weight is 401 g/mol. The smallest absolute Gasteiger partial charge is 0.325 e. The van der Waals surface area contributed by atoms with E-state index in [0.717, 1.165) is 41.8 Å². The van der Waals surface area contributed by atoms with Crippen LogP contribution in [0, 0.1) is 0 Å². The molecule has 0 bridgehead atoms. The average Bonchev–Trinajstić information content (AvgIpc) is 3.05. The van der Waals surface area contributed by atoms with Crippen molar-refractivity contribution in [1.29, 1.82) is 0 Å². The van der Waals surface area contributed by atoms with Crippen molar-refractivity contribution >= 4 is 35.1 Å². The first-order chi connectivity index (χ1) is 12.3. The number of aryl methyl sites for hydroxylation is 1. The van der Waals surface area contributed by atoms with Crippen LogP contribution in [-0.2, 0) is 24.4 Å². The third-order valence-corrected chi connectivity index (χ3v) is 5.83. The summed E-state index contributed by atoms with van der Waals surface area (Å²) in [6.45, 7) is 0. The van der Waals surface area contributed by atoms with Gasteiger partial charge in [0.05, 0.1) is 21.9 Å². The predicted molar refractivity (Wildman–Crippen MR) is 94.7 cm³/mol. The number of nitrogens with zero attached hydrogens (tertiary/aromatic N) is 2. The fraction of sp³-hybridized carbons (Fsp3) is 0.312. The van der Waals surface area contributed by atoms with Crippen molar-refractivity contribution < 1.29 is 18.0 Å². The number of hydrogen-bond donors (Lipinski definition) is 1. The second kappa shape index (κ2) is 7.36. The maximum Gasteiger partial charge on any atom is 0.416 e. The van der Waals surface area contributed by atoms with Crippen molar-refractivity contribution in [2.75, 3.05) is 16.8 Å². The van der Waals surface area contributed by atoms with Gasteiger partial charge in [-0.25, -0.2) is 4.98 Å². The van der Waals surface area contributed by atoms with E-state index in [1.807, 2.05) is 0 Å². The lowest BCUT2D eigenvalue weighted by Crippen LogP contribution is -2.23. The molecule has 138 valence electrons. The van der Waals surface area contributed by atoms with Gasteiger partial charge in [-0.15, -0.1) is 11.8 Å². The van der Waals surface area contributed by atoms with Gasteiger partial charge in [0, 0.05) is 24.9 Å². The van der Waals surface area contributed by atoms with Gasteiger partial charge in [0.25, 0.3) is 5.56 Å². The summed E-state index contributed by atoms with van der Waals surface area (Å²) in [7, 11) is 1.60. The summed E-state index contributed by atoms with van der Waals surface area (Å²) < 4.78 is 39.0. The molecule has 1 aromatic carbocycles. The molecule has 2 heterocycles. The number of rotatable bonds is 4. The van der Waals surface area contributed by atoms with Crippen molar-refractivity contribution in [3.8, 4) is 0 Å². The largest absolute Gasteiger partial charge is 0.416 e. The molecule has 0 saturated heterocycles. The van der Waals surface area contributed by atoms with Crippen molar-refractivity contribution in [2.45, 2.75) is 22.6 Å². The molecular weight excluding hydrogens is 387 g/mol. The van der Waals surface area contributed by atoms with E-state index >= 15 is 0 Å². The number of amides is 1. The van der Waals surface area contributed by atoms with Crippen molar-refractivity contribution in [3.63, 3.8) is 0 Å². The van der Waals surface area contributed by atoms with Gasteiger partial charge in [-0.3, -0.25) is 14.2 Å². The second-order valence-corrected chi connectivity index (χ2v) is 7.59. The van der Waals surface area contributed by atoms with Gasteiger partial charge in [0.1, 0.15) is 0 Å². The number of alkyl halides is 3. The number of fused-ring (bicyclic) bond motifs is 1. The number of carbonyl (C=O) groups excluding carboxylic acids is 1. The number of halogens is 3. The van der Waals surface area contributed by atoms with Gasteiger partial charge in [-0.1, -0.05) is 11.8 Å². The molecule has 10 heteroatoms. The molecule has 0 spiro atoms. The maximum atomic E-state index is 12.5. The molecule has 5 nitrogen and oxygen atoms in total. The zero-order chi connectivity index (χ0) is 18.9. The second-order valence-electron chi connectivity index (χ2n) is 5.54. The van der Waals surface area contributed by atoms with E-state index in [9.17, 15) is 22.8 Å². The minimum atomic E-state index is -4.42. The number of benzene rings is 1. The number of thioether (sulfide) groups is 2. The highest BCUT2D eigenvalue weighted by Crippen LogP contribution is 2.30. The first-order valence-corrected chi connectivity index (χ1v) is 9.55. The van der Waals surface area contributed by atoms with Crippen LogP contribution in [0.5, 0.6) is 0 Å². The molecule has 1 N–H and O–H groups in total. The lowest BCUT2D eigenvalue weighted by Gasteiger charge is -2.10. The Morgan fingerprint density at radius 2 is 2.04 bits per heavy atom. The van der Waals surface area contributed by atoms with Crippen LogP contribution in [0.4, 0.5) is 18.9 Å². The first kappa shape index (κ1) is 18.8. The molecule has 0 radical (unpaired) electrons. The molecule has 2 aromatic rings. The Kier molecular flexibility index (Phi) is 5.33. The monoisotopic (exact) mass is 401 g/mol. The molecule has 1 amide bonds. The summed E-state index contributed by atoms with van der Waals surface area (Å²) in [6, 6.07) is 4.22. The van der Waals surface area contributed by atoms with Crippen LogP contribution < -0.4 is 10.9 Å². The number of aromatic nitrogens is 2. The minimum Gasteiger partial charge on any atom is -0.325 e. The van der Waals surface area contributed by atoms with E-state index in [4.69, 9.17) is 0 Å². The molecule has 0 fully saturated rings. The molecule has 3 rings (SSSR count). The standard InChI is InChI=1S/C16H14F3N3O2S2/c1-22-14(24)13-11(6-7-25-13)21-15(22)26-8-12(23)20-10-4-2-9(3-5-10)16(17,18)19/h2-5H,6-8H2,1H3,(H,20,23). The van der Waals surface area contributed by atoms with Crippen LogP contribution in [0.3, 0.4) is 0 Å². The van der Waals surface area contributed by atoms with Gasteiger partial charge in [-0.05, 0) is 24.3 Å². The van der Waals surface area contributed by atoms with E-state index in [2.05, 4.69) is 10.3 Å². The molecule has 0 saturated carbocycles. The highest BCUT2D eigenvalue weighted by molar-refractivity contribution is 8.00. The molecule has 1 aliphatic rings. The normalized spacial score (nSPS) is 13.5. The third-order valence-electron chi connectivity index (χ3n) is 3.69. The Morgan fingerprint density at radius 1 is 1.35 bits per heavy atom. The number of carbonyl (C=O) groups is 1. The summed E-state index contributed by atoms with van der Waals surface area (Å²) in [6.07, 6.45) is -3.69. The van der Waals surface area contributed by atoms with Crippen LogP contribution in [0.15, 0.2) is 39.1 Å². The van der Waals surface area contributed by atoms with Crippen LogP contribution in [0.25, 0.3) is 0 Å². The molecule has 1 aliphatic heterocycles. The van der Waals surface area contributed by atoms with E-state index in [1.165, 1.54) is 28.5 Å². The highest BCUT2D eigenvalue weighted by Gasteiger charge is 2.30. The predicted octanol–water partition coefficient (Wildman–Crippen LogP) is 3.18. The molecular formula is C16H14F3N3O2S2. The minimum absolute atomic E-state index is 0.00671. The van der Waals surface area contributed by atoms with E-state index < -0.39 is 11.7 Å². The topological polar surface area (TPSA) is 64.0 Å². The Balaban J connectivity index is 1.63.